The van der Waals surface area contributed by atoms with Gasteiger partial charge in [-0.3, -0.25) is 9.59 Å². The third-order valence-electron chi connectivity index (χ3n) is 5.73. The average molecular weight is 409 g/mol. The van der Waals surface area contributed by atoms with Crippen LogP contribution in [0.1, 0.15) is 55.4 Å². The van der Waals surface area contributed by atoms with Crippen molar-refractivity contribution in [2.45, 2.75) is 52.5 Å². The molecule has 158 valence electrons. The summed E-state index contributed by atoms with van der Waals surface area (Å²) in [6.45, 7) is 10.2. The van der Waals surface area contributed by atoms with Crippen LogP contribution in [0.5, 0.6) is 0 Å². The maximum atomic E-state index is 13.0. The van der Waals surface area contributed by atoms with E-state index in [1.807, 2.05) is 29.2 Å². The predicted octanol–water partition coefficient (Wildman–Crippen LogP) is 2.67. The number of likely N-dealkylation sites (tertiary alicyclic amines) is 1. The molecule has 8 heteroatoms. The molecular weight excluding hydrogens is 380 g/mol. The van der Waals surface area contributed by atoms with Crippen molar-refractivity contribution in [2.24, 2.45) is 5.92 Å². The average Bonchev–Trinajstić information content (AvgIpc) is 3.10. The Labute approximate surface area is 175 Å². The number of nitrogens with one attached hydrogen (secondary N) is 1. The number of aromatic amines is 1. The molecule has 1 aliphatic heterocycles. The Bertz CT molecular complexity index is 1120. The summed E-state index contributed by atoms with van der Waals surface area (Å²) in [6, 6.07) is 7.94. The molecule has 1 aliphatic rings. The quantitative estimate of drug-likeness (QED) is 0.719. The van der Waals surface area contributed by atoms with Crippen molar-refractivity contribution in [3.63, 3.8) is 0 Å². The summed E-state index contributed by atoms with van der Waals surface area (Å²) < 4.78 is 1.69. The number of H-pyrrole nitrogens is 1. The second-order valence-corrected chi connectivity index (χ2v) is 9.18. The molecule has 0 spiro atoms. The maximum Gasteiger partial charge on any atom is 0.281 e. The third kappa shape index (κ3) is 3.99. The van der Waals surface area contributed by atoms with Gasteiger partial charge in [0.15, 0.2) is 11.2 Å². The number of carbonyl (C=O) groups is 1. The molecule has 1 atom stereocenters. The standard InChI is InChI=1S/C22H28N6O2/c1-14-23-19-18(20(29)24-14)25-26-28(19)13-15-6-5-11-27(12-15)21(30)16-7-9-17(10-8-16)22(2,3)4/h7-10,15H,5-6,11-13H2,1-4H3,(H,23,24,29)/t15-/m1/s1. The Hall–Kier alpha value is -3.03. The Balaban J connectivity index is 1.48. The highest BCUT2D eigenvalue weighted by atomic mass is 16.2. The lowest BCUT2D eigenvalue weighted by Crippen LogP contribution is -2.41. The highest BCUT2D eigenvalue weighted by molar-refractivity contribution is 5.94. The van der Waals surface area contributed by atoms with E-state index >= 15 is 0 Å². The van der Waals surface area contributed by atoms with Crippen molar-refractivity contribution in [2.75, 3.05) is 13.1 Å². The Kier molecular flexibility index (Phi) is 5.17. The fraction of sp³-hybridized carbons (Fsp3) is 0.500. The lowest BCUT2D eigenvalue weighted by Gasteiger charge is -2.33. The topological polar surface area (TPSA) is 96.8 Å². The summed E-state index contributed by atoms with van der Waals surface area (Å²) in [5.74, 6) is 0.840. The summed E-state index contributed by atoms with van der Waals surface area (Å²) in [5.41, 5.74) is 2.47. The number of piperidine rings is 1. The molecule has 8 nitrogen and oxygen atoms in total. The zero-order valence-corrected chi connectivity index (χ0v) is 18.0. The third-order valence-corrected chi connectivity index (χ3v) is 5.73. The van der Waals surface area contributed by atoms with Crippen LogP contribution in [-0.4, -0.2) is 48.9 Å². The van der Waals surface area contributed by atoms with Gasteiger partial charge in [0.05, 0.1) is 0 Å². The summed E-state index contributed by atoms with van der Waals surface area (Å²) in [4.78, 5) is 34.0. The first-order valence-corrected chi connectivity index (χ1v) is 10.4. The zero-order valence-electron chi connectivity index (χ0n) is 18.0. The first-order valence-electron chi connectivity index (χ1n) is 10.4. The second kappa shape index (κ2) is 7.66. The number of amides is 1. The smallest absolute Gasteiger partial charge is 0.281 e. The first kappa shape index (κ1) is 20.3. The van der Waals surface area contributed by atoms with Crippen LogP contribution in [0.3, 0.4) is 0 Å². The van der Waals surface area contributed by atoms with Crippen molar-refractivity contribution < 1.29 is 4.79 Å². The van der Waals surface area contributed by atoms with Gasteiger partial charge < -0.3 is 9.88 Å². The van der Waals surface area contributed by atoms with Crippen molar-refractivity contribution in [3.05, 3.63) is 51.6 Å². The number of fused-ring (bicyclic) bond motifs is 1. The largest absolute Gasteiger partial charge is 0.338 e. The highest BCUT2D eigenvalue weighted by Crippen LogP contribution is 2.24. The number of aryl methyl sites for hydroxylation is 1. The van der Waals surface area contributed by atoms with Crippen LogP contribution in [0, 0.1) is 12.8 Å². The molecule has 1 fully saturated rings. The number of carbonyl (C=O) groups excluding carboxylic acids is 1. The summed E-state index contributed by atoms with van der Waals surface area (Å²) in [6.07, 6.45) is 1.94. The monoisotopic (exact) mass is 408 g/mol. The SMILES string of the molecule is Cc1nc2c(nnn2C[C@@H]2CCCN(C(=O)c3ccc(C(C)(C)C)cc3)C2)c(=O)[nH]1. The van der Waals surface area contributed by atoms with E-state index in [-0.39, 0.29) is 28.3 Å². The summed E-state index contributed by atoms with van der Waals surface area (Å²) in [7, 11) is 0. The van der Waals surface area contributed by atoms with E-state index in [2.05, 4.69) is 41.1 Å². The van der Waals surface area contributed by atoms with Gasteiger partial charge in [-0.1, -0.05) is 38.1 Å². The molecule has 0 bridgehead atoms. The highest BCUT2D eigenvalue weighted by Gasteiger charge is 2.26. The molecule has 1 aromatic carbocycles. The van der Waals surface area contributed by atoms with Gasteiger partial charge in [0, 0.05) is 25.2 Å². The van der Waals surface area contributed by atoms with Gasteiger partial charge in [-0.05, 0) is 48.8 Å². The molecule has 3 aromatic rings. The lowest BCUT2D eigenvalue weighted by atomic mass is 9.86. The van der Waals surface area contributed by atoms with Crippen molar-refractivity contribution >= 4 is 17.1 Å². The van der Waals surface area contributed by atoms with E-state index in [4.69, 9.17) is 0 Å². The molecule has 0 aliphatic carbocycles. The number of benzene rings is 1. The minimum atomic E-state index is -0.275. The van der Waals surface area contributed by atoms with E-state index in [1.165, 1.54) is 5.56 Å². The van der Waals surface area contributed by atoms with Crippen LogP contribution in [-0.2, 0) is 12.0 Å². The van der Waals surface area contributed by atoms with Gasteiger partial charge in [0.25, 0.3) is 11.5 Å². The van der Waals surface area contributed by atoms with Gasteiger partial charge in [-0.2, -0.15) is 0 Å². The number of nitrogens with zero attached hydrogens (tertiary/aromatic N) is 5. The first-order chi connectivity index (χ1) is 14.2. The number of aromatic nitrogens is 5. The number of hydrogen-bond donors (Lipinski definition) is 1. The van der Waals surface area contributed by atoms with E-state index in [9.17, 15) is 9.59 Å². The molecule has 30 heavy (non-hydrogen) atoms. The van der Waals surface area contributed by atoms with E-state index in [1.54, 1.807) is 11.6 Å². The molecule has 0 saturated carbocycles. The molecule has 3 heterocycles. The van der Waals surface area contributed by atoms with Gasteiger partial charge in [0.2, 0.25) is 0 Å². The van der Waals surface area contributed by atoms with Gasteiger partial charge in [-0.15, -0.1) is 5.10 Å². The molecular formula is C22H28N6O2. The van der Waals surface area contributed by atoms with E-state index in [0.717, 1.165) is 24.9 Å². The molecule has 1 saturated heterocycles. The van der Waals surface area contributed by atoms with Crippen LogP contribution in [0.2, 0.25) is 0 Å². The van der Waals surface area contributed by atoms with Gasteiger partial charge in [0.1, 0.15) is 5.82 Å². The fourth-order valence-electron chi connectivity index (χ4n) is 4.04. The molecule has 0 radical (unpaired) electrons. The van der Waals surface area contributed by atoms with Crippen LogP contribution in [0.4, 0.5) is 0 Å². The normalized spacial score (nSPS) is 17.5. The minimum absolute atomic E-state index is 0.0620. The van der Waals surface area contributed by atoms with Crippen LogP contribution in [0.15, 0.2) is 29.1 Å². The van der Waals surface area contributed by atoms with E-state index < -0.39 is 0 Å². The van der Waals surface area contributed by atoms with Gasteiger partial charge in [-0.25, -0.2) is 9.67 Å². The molecule has 2 aromatic heterocycles. The van der Waals surface area contributed by atoms with Crippen LogP contribution >= 0.6 is 0 Å². The van der Waals surface area contributed by atoms with E-state index in [0.29, 0.717) is 24.6 Å². The molecule has 4 rings (SSSR count). The van der Waals surface area contributed by atoms with Crippen LogP contribution in [0.25, 0.3) is 11.2 Å². The second-order valence-electron chi connectivity index (χ2n) is 9.18. The number of hydrogen-bond acceptors (Lipinski definition) is 5. The van der Waals surface area contributed by atoms with Crippen molar-refractivity contribution in [1.82, 2.24) is 29.9 Å². The summed E-state index contributed by atoms with van der Waals surface area (Å²) in [5, 5.41) is 8.11. The maximum absolute atomic E-state index is 13.0. The molecule has 1 N–H and O–H groups in total. The van der Waals surface area contributed by atoms with Crippen molar-refractivity contribution in [3.8, 4) is 0 Å². The summed E-state index contributed by atoms with van der Waals surface area (Å²) >= 11 is 0. The Morgan fingerprint density at radius 3 is 2.67 bits per heavy atom. The fourth-order valence-corrected chi connectivity index (χ4v) is 4.04. The number of rotatable bonds is 3. The Morgan fingerprint density at radius 1 is 1.23 bits per heavy atom. The minimum Gasteiger partial charge on any atom is -0.338 e. The predicted molar refractivity (Wildman–Crippen MR) is 114 cm³/mol. The zero-order chi connectivity index (χ0) is 21.5. The van der Waals surface area contributed by atoms with Crippen LogP contribution < -0.4 is 5.56 Å². The lowest BCUT2D eigenvalue weighted by molar-refractivity contribution is 0.0660. The molecule has 0 unspecified atom stereocenters. The molecule has 1 amide bonds. The van der Waals surface area contributed by atoms with Crippen molar-refractivity contribution in [1.29, 1.82) is 0 Å². The Morgan fingerprint density at radius 2 is 1.97 bits per heavy atom. The van der Waals surface area contributed by atoms with Gasteiger partial charge >= 0.3 is 0 Å².